The zero-order valence-corrected chi connectivity index (χ0v) is 14.1. The van der Waals surface area contributed by atoms with Gasteiger partial charge in [0.15, 0.2) is 0 Å². The second-order valence-electron chi connectivity index (χ2n) is 6.53. The van der Waals surface area contributed by atoms with Crippen LogP contribution in [0.3, 0.4) is 0 Å². The van der Waals surface area contributed by atoms with Crippen molar-refractivity contribution in [3.8, 4) is 0 Å². The predicted molar refractivity (Wildman–Crippen MR) is 84.9 cm³/mol. The number of piperazine rings is 1. The number of carbonyl (C=O) groups excluding carboxylic acids is 3. The number of methoxy groups -OCH3 is 1. The van der Waals surface area contributed by atoms with E-state index in [2.05, 4.69) is 6.08 Å². The molecule has 132 valence electrons. The fourth-order valence-corrected chi connectivity index (χ4v) is 4.15. The van der Waals surface area contributed by atoms with Crippen molar-refractivity contribution in [3.05, 3.63) is 12.2 Å². The summed E-state index contributed by atoms with van der Waals surface area (Å²) in [7, 11) is 1.37. The molecule has 0 aromatic rings. The zero-order chi connectivity index (χ0) is 17.3. The van der Waals surface area contributed by atoms with Crippen molar-refractivity contribution in [1.82, 2.24) is 9.80 Å². The lowest BCUT2D eigenvalue weighted by molar-refractivity contribution is -0.154. The van der Waals surface area contributed by atoms with E-state index < -0.39 is 0 Å². The van der Waals surface area contributed by atoms with E-state index in [-0.39, 0.29) is 41.6 Å². The molecule has 2 aliphatic carbocycles. The van der Waals surface area contributed by atoms with Crippen LogP contribution in [0.5, 0.6) is 0 Å². The topological polar surface area (TPSA) is 76.2 Å². The minimum absolute atomic E-state index is 0.00533. The van der Waals surface area contributed by atoms with E-state index in [0.717, 1.165) is 6.42 Å². The Labute approximate surface area is 141 Å². The Bertz CT molecular complexity index is 553. The Morgan fingerprint density at radius 2 is 1.58 bits per heavy atom. The normalized spacial score (nSPS) is 31.2. The fraction of sp³-hybridized carbons (Fsp3) is 0.706. The third kappa shape index (κ3) is 2.87. The molecular formula is C17H24N2O5. The van der Waals surface area contributed by atoms with Crippen LogP contribution in [0.4, 0.5) is 4.79 Å². The van der Waals surface area contributed by atoms with Gasteiger partial charge in [-0.1, -0.05) is 12.2 Å². The summed E-state index contributed by atoms with van der Waals surface area (Å²) in [6.45, 7) is 3.99. The van der Waals surface area contributed by atoms with Gasteiger partial charge in [0.1, 0.15) is 0 Å². The van der Waals surface area contributed by atoms with Crippen molar-refractivity contribution in [2.75, 3.05) is 39.9 Å². The first-order valence-electron chi connectivity index (χ1n) is 8.53. The highest BCUT2D eigenvalue weighted by Crippen LogP contribution is 2.49. The smallest absolute Gasteiger partial charge is 0.409 e. The van der Waals surface area contributed by atoms with Gasteiger partial charge in [0.2, 0.25) is 5.91 Å². The third-order valence-corrected chi connectivity index (χ3v) is 5.34. The Morgan fingerprint density at radius 3 is 2.17 bits per heavy atom. The SMILES string of the molecule is CCOC(=O)N1CCN(C(=O)C2C3C=CC(C3)[C@@H]2C(=O)OC)CC1. The molecule has 2 bridgehead atoms. The highest BCUT2D eigenvalue weighted by Gasteiger charge is 2.53. The van der Waals surface area contributed by atoms with Crippen LogP contribution in [-0.4, -0.2) is 67.7 Å². The monoisotopic (exact) mass is 336 g/mol. The molecule has 1 heterocycles. The number of esters is 1. The molecule has 3 aliphatic rings. The molecule has 0 N–H and O–H groups in total. The van der Waals surface area contributed by atoms with Crippen molar-refractivity contribution < 1.29 is 23.9 Å². The highest BCUT2D eigenvalue weighted by atomic mass is 16.6. The van der Waals surface area contributed by atoms with Gasteiger partial charge in [0, 0.05) is 26.2 Å². The molecular weight excluding hydrogens is 312 g/mol. The fourth-order valence-electron chi connectivity index (χ4n) is 4.15. The number of amides is 2. The van der Waals surface area contributed by atoms with E-state index in [4.69, 9.17) is 9.47 Å². The van der Waals surface area contributed by atoms with Gasteiger partial charge < -0.3 is 19.3 Å². The van der Waals surface area contributed by atoms with Crippen molar-refractivity contribution in [1.29, 1.82) is 0 Å². The molecule has 0 spiro atoms. The molecule has 0 aromatic carbocycles. The van der Waals surface area contributed by atoms with Gasteiger partial charge >= 0.3 is 12.1 Å². The lowest BCUT2D eigenvalue weighted by atomic mass is 9.82. The van der Waals surface area contributed by atoms with Crippen LogP contribution in [0, 0.1) is 23.7 Å². The lowest BCUT2D eigenvalue weighted by Crippen LogP contribution is -2.53. The van der Waals surface area contributed by atoms with E-state index in [9.17, 15) is 14.4 Å². The van der Waals surface area contributed by atoms with Crippen molar-refractivity contribution in [3.63, 3.8) is 0 Å². The predicted octanol–water partition coefficient (Wildman–Crippen LogP) is 0.898. The summed E-state index contributed by atoms with van der Waals surface area (Å²) in [5, 5.41) is 0. The van der Waals surface area contributed by atoms with Gasteiger partial charge in [-0.2, -0.15) is 0 Å². The van der Waals surface area contributed by atoms with Crippen LogP contribution in [0.15, 0.2) is 12.2 Å². The van der Waals surface area contributed by atoms with Gasteiger partial charge in [-0.15, -0.1) is 0 Å². The van der Waals surface area contributed by atoms with E-state index in [1.807, 2.05) is 6.08 Å². The van der Waals surface area contributed by atoms with Crippen LogP contribution >= 0.6 is 0 Å². The maximum absolute atomic E-state index is 13.0. The number of fused-ring (bicyclic) bond motifs is 2. The third-order valence-electron chi connectivity index (χ3n) is 5.34. The van der Waals surface area contributed by atoms with E-state index in [0.29, 0.717) is 32.8 Å². The van der Waals surface area contributed by atoms with Crippen molar-refractivity contribution in [2.45, 2.75) is 13.3 Å². The number of carbonyl (C=O) groups is 3. The second-order valence-corrected chi connectivity index (χ2v) is 6.53. The number of hydrogen-bond acceptors (Lipinski definition) is 5. The number of nitrogens with zero attached hydrogens (tertiary/aromatic N) is 2. The van der Waals surface area contributed by atoms with E-state index in [1.165, 1.54) is 7.11 Å². The molecule has 1 saturated heterocycles. The Hall–Kier alpha value is -2.05. The summed E-state index contributed by atoms with van der Waals surface area (Å²) in [4.78, 5) is 40.2. The summed E-state index contributed by atoms with van der Waals surface area (Å²) in [5.41, 5.74) is 0. The van der Waals surface area contributed by atoms with Crippen molar-refractivity contribution >= 4 is 18.0 Å². The molecule has 1 aliphatic heterocycles. The Kier molecular flexibility index (Phi) is 4.78. The number of rotatable bonds is 3. The Balaban J connectivity index is 1.64. The molecule has 4 atom stereocenters. The summed E-state index contributed by atoms with van der Waals surface area (Å²) < 4.78 is 9.91. The zero-order valence-electron chi connectivity index (χ0n) is 14.1. The van der Waals surface area contributed by atoms with Crippen LogP contribution in [0.25, 0.3) is 0 Å². The lowest BCUT2D eigenvalue weighted by Gasteiger charge is -2.37. The number of ether oxygens (including phenoxy) is 2. The molecule has 7 heteroatoms. The number of allylic oxidation sites excluding steroid dienone is 2. The minimum atomic E-state index is -0.374. The molecule has 24 heavy (non-hydrogen) atoms. The first-order valence-corrected chi connectivity index (χ1v) is 8.53. The first kappa shape index (κ1) is 16.8. The summed E-state index contributed by atoms with van der Waals surface area (Å²) >= 11 is 0. The summed E-state index contributed by atoms with van der Waals surface area (Å²) in [6.07, 6.45) is 4.61. The van der Waals surface area contributed by atoms with Crippen LogP contribution in [0.1, 0.15) is 13.3 Å². The molecule has 2 amide bonds. The molecule has 1 saturated carbocycles. The molecule has 3 rings (SSSR count). The van der Waals surface area contributed by atoms with Crippen molar-refractivity contribution in [2.24, 2.45) is 23.7 Å². The second kappa shape index (κ2) is 6.83. The minimum Gasteiger partial charge on any atom is -0.469 e. The average molecular weight is 336 g/mol. The van der Waals surface area contributed by atoms with Crippen LogP contribution < -0.4 is 0 Å². The van der Waals surface area contributed by atoms with Crippen LogP contribution in [0.2, 0.25) is 0 Å². The molecule has 2 fully saturated rings. The van der Waals surface area contributed by atoms with Gasteiger partial charge in [-0.25, -0.2) is 4.79 Å². The van der Waals surface area contributed by atoms with E-state index >= 15 is 0 Å². The molecule has 7 nitrogen and oxygen atoms in total. The molecule has 0 radical (unpaired) electrons. The number of hydrogen-bond donors (Lipinski definition) is 0. The first-order chi connectivity index (χ1) is 11.6. The maximum Gasteiger partial charge on any atom is 0.409 e. The van der Waals surface area contributed by atoms with Gasteiger partial charge in [0.25, 0.3) is 0 Å². The van der Waals surface area contributed by atoms with Gasteiger partial charge in [-0.3, -0.25) is 9.59 Å². The maximum atomic E-state index is 13.0. The Morgan fingerprint density at radius 1 is 1.00 bits per heavy atom. The van der Waals surface area contributed by atoms with Gasteiger partial charge in [-0.05, 0) is 25.2 Å². The van der Waals surface area contributed by atoms with Gasteiger partial charge in [0.05, 0.1) is 25.6 Å². The average Bonchev–Trinajstić information content (AvgIpc) is 3.22. The quantitative estimate of drug-likeness (QED) is 0.565. The molecule has 3 unspecified atom stereocenters. The van der Waals surface area contributed by atoms with E-state index in [1.54, 1.807) is 16.7 Å². The van der Waals surface area contributed by atoms with Crippen LogP contribution in [-0.2, 0) is 19.1 Å². The highest BCUT2D eigenvalue weighted by molar-refractivity contribution is 5.87. The summed E-state index contributed by atoms with van der Waals surface area (Å²) in [6, 6.07) is 0. The standard InChI is InChI=1S/C17H24N2O5/c1-3-24-17(22)19-8-6-18(7-9-19)15(20)13-11-4-5-12(10-11)14(13)16(21)23-2/h4-5,11-14H,3,6-10H2,1-2H3/t11?,12?,13?,14-/m0/s1. The molecule has 0 aromatic heterocycles. The largest absolute Gasteiger partial charge is 0.469 e. The summed E-state index contributed by atoms with van der Waals surface area (Å²) in [5.74, 6) is -0.768.